The molecule has 3 aromatic heterocycles. The number of hydrogen-bond acceptors (Lipinski definition) is 7. The van der Waals surface area contributed by atoms with Crippen molar-refractivity contribution in [1.29, 1.82) is 0 Å². The fourth-order valence-electron chi connectivity index (χ4n) is 4.84. The molecule has 0 radical (unpaired) electrons. The summed E-state index contributed by atoms with van der Waals surface area (Å²) in [5.41, 5.74) is 7.78. The Bertz CT molecular complexity index is 1930. The zero-order chi connectivity index (χ0) is 29.0. The summed E-state index contributed by atoms with van der Waals surface area (Å²) in [7, 11) is 0. The molecule has 0 amide bonds. The van der Waals surface area contributed by atoms with Crippen LogP contribution in [0.3, 0.4) is 0 Å². The second kappa shape index (κ2) is 11.5. The molecular weight excluding hydrogens is 530 g/mol. The van der Waals surface area contributed by atoms with Gasteiger partial charge in [0.25, 0.3) is 0 Å². The maximum Gasteiger partial charge on any atom is 0.164 e. The lowest BCUT2D eigenvalue weighted by atomic mass is 10.0. The third-order valence-electron chi connectivity index (χ3n) is 7.03. The monoisotopic (exact) mass is 555 g/mol. The molecule has 43 heavy (non-hydrogen) atoms. The minimum absolute atomic E-state index is 0.555. The van der Waals surface area contributed by atoms with Crippen molar-refractivity contribution in [3.63, 3.8) is 0 Å². The van der Waals surface area contributed by atoms with Gasteiger partial charge in [0.05, 0.1) is 0 Å². The molecule has 204 valence electrons. The molecule has 0 saturated heterocycles. The molecule has 0 spiro atoms. The van der Waals surface area contributed by atoms with Gasteiger partial charge in [-0.15, -0.1) is 0 Å². The summed E-state index contributed by atoms with van der Waals surface area (Å²) in [5.74, 6) is 2.97. The van der Waals surface area contributed by atoms with Gasteiger partial charge < -0.3 is 0 Å². The summed E-state index contributed by atoms with van der Waals surface area (Å²) in [6.45, 7) is 2.09. The maximum absolute atomic E-state index is 4.98. The van der Waals surface area contributed by atoms with Crippen molar-refractivity contribution in [1.82, 2.24) is 34.9 Å². The average Bonchev–Trinajstić information content (AvgIpc) is 3.09. The van der Waals surface area contributed by atoms with Crippen LogP contribution in [0.1, 0.15) is 5.56 Å². The van der Waals surface area contributed by atoms with Gasteiger partial charge in [0.15, 0.2) is 29.1 Å². The summed E-state index contributed by atoms with van der Waals surface area (Å²) in [4.78, 5) is 32.6. The van der Waals surface area contributed by atoms with Crippen LogP contribution in [0.25, 0.3) is 68.1 Å². The van der Waals surface area contributed by atoms with Crippen molar-refractivity contribution in [3.05, 3.63) is 140 Å². The van der Waals surface area contributed by atoms with Crippen LogP contribution in [0.4, 0.5) is 0 Å². The third-order valence-corrected chi connectivity index (χ3v) is 7.03. The van der Waals surface area contributed by atoms with Crippen molar-refractivity contribution in [2.24, 2.45) is 0 Å². The predicted molar refractivity (Wildman–Crippen MR) is 168 cm³/mol. The topological polar surface area (TPSA) is 90.2 Å². The summed E-state index contributed by atoms with van der Waals surface area (Å²) < 4.78 is 0. The van der Waals surface area contributed by atoms with E-state index in [9.17, 15) is 0 Å². The standard InChI is InChI=1S/C36H25N7/c1-24-13-15-25(16-14-24)26-7-2-10-29(21-26)34-41-35(30-11-3-8-27(22-30)32-37-17-5-18-38-32)43-36(42-34)31-12-4-9-28(23-31)33-39-19-6-20-40-33/h2-23H,1H3. The summed E-state index contributed by atoms with van der Waals surface area (Å²) >= 11 is 0. The van der Waals surface area contributed by atoms with E-state index < -0.39 is 0 Å². The molecule has 0 aliphatic heterocycles. The second-order valence-corrected chi connectivity index (χ2v) is 10.1. The van der Waals surface area contributed by atoms with Crippen LogP contribution >= 0.6 is 0 Å². The van der Waals surface area contributed by atoms with Crippen LogP contribution in [0.2, 0.25) is 0 Å². The molecule has 4 aromatic carbocycles. The highest BCUT2D eigenvalue weighted by molar-refractivity contribution is 5.74. The smallest absolute Gasteiger partial charge is 0.164 e. The first-order valence-corrected chi connectivity index (χ1v) is 13.9. The Hall–Kier alpha value is -5.95. The van der Waals surface area contributed by atoms with E-state index >= 15 is 0 Å². The van der Waals surface area contributed by atoms with E-state index in [1.807, 2.05) is 60.7 Å². The Morgan fingerprint density at radius 3 is 1.09 bits per heavy atom. The van der Waals surface area contributed by atoms with Gasteiger partial charge in [0.2, 0.25) is 0 Å². The second-order valence-electron chi connectivity index (χ2n) is 10.1. The minimum Gasteiger partial charge on any atom is -0.237 e. The van der Waals surface area contributed by atoms with Gasteiger partial charge in [-0.2, -0.15) is 0 Å². The van der Waals surface area contributed by atoms with Gasteiger partial charge in [-0.25, -0.2) is 34.9 Å². The molecule has 0 unspecified atom stereocenters. The molecule has 7 aromatic rings. The number of nitrogens with zero attached hydrogens (tertiary/aromatic N) is 7. The Balaban J connectivity index is 1.37. The van der Waals surface area contributed by atoms with Crippen molar-refractivity contribution in [3.8, 4) is 68.1 Å². The average molecular weight is 556 g/mol. The number of rotatable bonds is 6. The lowest BCUT2D eigenvalue weighted by Crippen LogP contribution is -2.01. The van der Waals surface area contributed by atoms with E-state index in [2.05, 4.69) is 63.3 Å². The van der Waals surface area contributed by atoms with E-state index in [4.69, 9.17) is 15.0 Å². The van der Waals surface area contributed by atoms with Gasteiger partial charge in [0.1, 0.15) is 0 Å². The highest BCUT2D eigenvalue weighted by Crippen LogP contribution is 2.30. The zero-order valence-corrected chi connectivity index (χ0v) is 23.3. The number of aryl methyl sites for hydroxylation is 1. The fourth-order valence-corrected chi connectivity index (χ4v) is 4.84. The largest absolute Gasteiger partial charge is 0.237 e. The van der Waals surface area contributed by atoms with Crippen LogP contribution in [-0.4, -0.2) is 34.9 Å². The first-order valence-electron chi connectivity index (χ1n) is 13.9. The molecule has 0 saturated carbocycles. The van der Waals surface area contributed by atoms with Gasteiger partial charge in [-0.3, -0.25) is 0 Å². The Morgan fingerprint density at radius 2 is 0.674 bits per heavy atom. The van der Waals surface area contributed by atoms with E-state index in [-0.39, 0.29) is 0 Å². The molecule has 0 atom stereocenters. The summed E-state index contributed by atoms with van der Waals surface area (Å²) in [6, 6.07) is 36.3. The normalized spacial score (nSPS) is 10.9. The molecule has 0 aliphatic carbocycles. The minimum atomic E-state index is 0.555. The number of hydrogen-bond donors (Lipinski definition) is 0. The predicted octanol–water partition coefficient (Wildman–Crippen LogP) is 7.76. The SMILES string of the molecule is Cc1ccc(-c2cccc(-c3nc(-c4cccc(-c5ncccn5)c4)nc(-c4cccc(-c5ncccn5)c4)n3)c2)cc1. The van der Waals surface area contributed by atoms with Gasteiger partial charge in [0, 0.05) is 52.6 Å². The molecule has 3 heterocycles. The molecule has 0 fully saturated rings. The zero-order valence-electron chi connectivity index (χ0n) is 23.3. The fraction of sp³-hybridized carbons (Fsp3) is 0.0278. The summed E-state index contributed by atoms with van der Waals surface area (Å²) in [6.07, 6.45) is 6.94. The molecule has 0 bridgehead atoms. The first kappa shape index (κ1) is 26.0. The lowest BCUT2D eigenvalue weighted by molar-refractivity contribution is 1.07. The number of aromatic nitrogens is 7. The molecule has 7 nitrogen and oxygen atoms in total. The molecule has 7 heteroatoms. The Labute approximate surface area is 249 Å². The number of benzene rings is 4. The molecule has 7 rings (SSSR count). The van der Waals surface area contributed by atoms with Crippen molar-refractivity contribution in [2.45, 2.75) is 6.92 Å². The van der Waals surface area contributed by atoms with E-state index in [0.717, 1.165) is 38.9 Å². The van der Waals surface area contributed by atoms with E-state index in [1.54, 1.807) is 36.9 Å². The summed E-state index contributed by atoms with van der Waals surface area (Å²) in [5, 5.41) is 0. The van der Waals surface area contributed by atoms with Crippen molar-refractivity contribution >= 4 is 0 Å². The van der Waals surface area contributed by atoms with Gasteiger partial charge in [-0.05, 0) is 48.4 Å². The van der Waals surface area contributed by atoms with Gasteiger partial charge >= 0.3 is 0 Å². The van der Waals surface area contributed by atoms with Crippen LogP contribution in [0.15, 0.2) is 134 Å². The van der Waals surface area contributed by atoms with Crippen LogP contribution in [0.5, 0.6) is 0 Å². The lowest BCUT2D eigenvalue weighted by Gasteiger charge is -2.11. The molecule has 0 aliphatic rings. The van der Waals surface area contributed by atoms with Crippen molar-refractivity contribution in [2.75, 3.05) is 0 Å². The maximum atomic E-state index is 4.98. The van der Waals surface area contributed by atoms with Crippen LogP contribution in [-0.2, 0) is 0 Å². The molecule has 0 N–H and O–H groups in total. The third kappa shape index (κ3) is 5.64. The van der Waals surface area contributed by atoms with Crippen LogP contribution in [0, 0.1) is 6.92 Å². The Kier molecular flexibility index (Phi) is 6.95. The van der Waals surface area contributed by atoms with E-state index in [1.165, 1.54) is 5.56 Å². The van der Waals surface area contributed by atoms with Crippen molar-refractivity contribution < 1.29 is 0 Å². The first-order chi connectivity index (χ1) is 21.2. The van der Waals surface area contributed by atoms with E-state index in [0.29, 0.717) is 29.1 Å². The van der Waals surface area contributed by atoms with Crippen LogP contribution < -0.4 is 0 Å². The Morgan fingerprint density at radius 1 is 0.326 bits per heavy atom. The molecular formula is C36H25N7. The quantitative estimate of drug-likeness (QED) is 0.207. The highest BCUT2D eigenvalue weighted by Gasteiger charge is 2.15. The van der Waals surface area contributed by atoms with Gasteiger partial charge in [-0.1, -0.05) is 84.4 Å². The highest BCUT2D eigenvalue weighted by atomic mass is 15.0.